The van der Waals surface area contributed by atoms with Gasteiger partial charge in [-0.3, -0.25) is 24.3 Å². The van der Waals surface area contributed by atoms with Gasteiger partial charge >= 0.3 is 5.97 Å². The molecule has 3 heterocycles. The quantitative estimate of drug-likeness (QED) is 0.139. The maximum absolute atomic E-state index is 13.4. The van der Waals surface area contributed by atoms with Crippen molar-refractivity contribution in [2.75, 3.05) is 11.9 Å². The Balaban J connectivity index is 1.50. The second-order valence-electron chi connectivity index (χ2n) is 8.74. The monoisotopic (exact) mass is 574 g/mol. The zero-order chi connectivity index (χ0) is 28.4. The highest BCUT2D eigenvalue weighted by molar-refractivity contribution is 7.21. The number of nitrogens with one attached hydrogen (secondary N) is 1. The summed E-state index contributed by atoms with van der Waals surface area (Å²) < 4.78 is 6.74. The van der Waals surface area contributed by atoms with Gasteiger partial charge in [-0.25, -0.2) is 9.78 Å². The lowest BCUT2D eigenvalue weighted by Crippen LogP contribution is -2.21. The molecule has 0 saturated carbocycles. The zero-order valence-electron chi connectivity index (χ0n) is 21.4. The maximum atomic E-state index is 13.4. The van der Waals surface area contributed by atoms with Gasteiger partial charge in [-0.15, -0.1) is 22.7 Å². The van der Waals surface area contributed by atoms with E-state index in [0.29, 0.717) is 33.5 Å². The molecule has 5 aromatic rings. The summed E-state index contributed by atoms with van der Waals surface area (Å²) in [6.45, 7) is 3.80. The van der Waals surface area contributed by atoms with Gasteiger partial charge in [-0.05, 0) is 30.5 Å². The normalized spacial score (nSPS) is 10.9. The molecule has 0 radical (unpaired) electrons. The Kier molecular flexibility index (Phi) is 7.54. The fraction of sp³-hybridized carbons (Fsp3) is 0.143. The van der Waals surface area contributed by atoms with Crippen molar-refractivity contribution in [2.24, 2.45) is 0 Å². The van der Waals surface area contributed by atoms with Crippen LogP contribution in [-0.4, -0.2) is 33.0 Å². The smallest absolute Gasteiger partial charge is 0.341 e. The minimum Gasteiger partial charge on any atom is -0.462 e. The van der Waals surface area contributed by atoms with Crippen molar-refractivity contribution in [3.8, 4) is 11.1 Å². The number of hydrogen-bond donors (Lipinski definition) is 1. The first-order valence-electron chi connectivity index (χ1n) is 12.2. The minimum absolute atomic E-state index is 0.0998. The van der Waals surface area contributed by atoms with E-state index in [0.717, 1.165) is 28.2 Å². The summed E-state index contributed by atoms with van der Waals surface area (Å²) in [4.78, 5) is 55.6. The first-order valence-corrected chi connectivity index (χ1v) is 13.8. The molecule has 0 fully saturated rings. The lowest BCUT2D eigenvalue weighted by molar-refractivity contribution is -0.384. The van der Waals surface area contributed by atoms with Gasteiger partial charge in [-0.1, -0.05) is 42.5 Å². The summed E-state index contributed by atoms with van der Waals surface area (Å²) >= 11 is 2.19. The summed E-state index contributed by atoms with van der Waals surface area (Å²) in [5.74, 6) is -1.17. The summed E-state index contributed by atoms with van der Waals surface area (Å²) in [5, 5.41) is 16.3. The second-order valence-corrected chi connectivity index (χ2v) is 10.6. The van der Waals surface area contributed by atoms with E-state index in [-0.39, 0.29) is 33.3 Å². The zero-order valence-corrected chi connectivity index (χ0v) is 23.0. The van der Waals surface area contributed by atoms with Crippen LogP contribution in [0.4, 0.5) is 10.7 Å². The van der Waals surface area contributed by atoms with Gasteiger partial charge in [0, 0.05) is 23.1 Å². The third kappa shape index (κ3) is 5.14. The topological polar surface area (TPSA) is 133 Å². The van der Waals surface area contributed by atoms with E-state index < -0.39 is 16.8 Å². The van der Waals surface area contributed by atoms with Crippen molar-refractivity contribution < 1.29 is 19.2 Å². The molecular weight excluding hydrogens is 552 g/mol. The number of amides is 1. The minimum atomic E-state index is -0.668. The molecule has 0 spiro atoms. The first-order chi connectivity index (χ1) is 19.3. The molecule has 2 aromatic carbocycles. The van der Waals surface area contributed by atoms with Gasteiger partial charge in [0.05, 0.1) is 34.7 Å². The Hall–Kier alpha value is -4.68. The van der Waals surface area contributed by atoms with E-state index in [9.17, 15) is 24.5 Å². The number of anilines is 1. The number of non-ortho nitro benzene ring substituents is 1. The van der Waals surface area contributed by atoms with Crippen LogP contribution in [0.3, 0.4) is 0 Å². The van der Waals surface area contributed by atoms with Crippen molar-refractivity contribution >= 4 is 55.5 Å². The second kappa shape index (κ2) is 11.2. The molecule has 5 rings (SSSR count). The number of hydrogen-bond acceptors (Lipinski definition) is 9. The summed E-state index contributed by atoms with van der Waals surface area (Å²) in [7, 11) is 0. The molecule has 0 aliphatic heterocycles. The third-order valence-corrected chi connectivity index (χ3v) is 8.28. The number of ether oxygens (including phenoxy) is 1. The standard InChI is InChI=1S/C28H22N4O6S2/c1-3-38-28(35)22-20(18-10-7-11-19(12-18)32(36)37)14-39-26(22)30-24(33)23-16(2)21-25(40-23)29-15-31(27(21)34)13-17-8-5-4-6-9-17/h4-12,14-15H,3,13H2,1-2H3,(H,30,33). The van der Waals surface area contributed by atoms with Crippen LogP contribution in [0.25, 0.3) is 21.3 Å². The molecule has 0 aliphatic carbocycles. The highest BCUT2D eigenvalue weighted by atomic mass is 32.1. The highest BCUT2D eigenvalue weighted by Gasteiger charge is 2.26. The number of esters is 1. The van der Waals surface area contributed by atoms with Crippen LogP contribution in [0.15, 0.2) is 71.1 Å². The summed E-state index contributed by atoms with van der Waals surface area (Å²) in [6, 6.07) is 15.4. The lowest BCUT2D eigenvalue weighted by Gasteiger charge is -2.09. The van der Waals surface area contributed by atoms with E-state index in [1.165, 1.54) is 29.1 Å². The molecule has 0 unspecified atom stereocenters. The molecule has 0 atom stereocenters. The fourth-order valence-corrected chi connectivity index (χ4v) is 6.27. The number of aryl methyl sites for hydroxylation is 1. The van der Waals surface area contributed by atoms with Crippen molar-refractivity contribution in [1.82, 2.24) is 9.55 Å². The number of nitro benzene ring substituents is 1. The molecule has 0 aliphatic rings. The predicted octanol–water partition coefficient (Wildman–Crippen LogP) is 5.88. The molecular formula is C28H22N4O6S2. The summed E-state index contributed by atoms with van der Waals surface area (Å²) in [6.07, 6.45) is 1.47. The highest BCUT2D eigenvalue weighted by Crippen LogP contribution is 2.38. The Bertz CT molecular complexity index is 1820. The van der Waals surface area contributed by atoms with Gasteiger partial charge in [0.15, 0.2) is 0 Å². The molecule has 1 N–H and O–H groups in total. The van der Waals surface area contributed by atoms with Crippen molar-refractivity contribution in [3.63, 3.8) is 0 Å². The summed E-state index contributed by atoms with van der Waals surface area (Å²) in [5.41, 5.74) is 2.00. The molecule has 0 bridgehead atoms. The van der Waals surface area contributed by atoms with Crippen molar-refractivity contribution in [1.29, 1.82) is 0 Å². The average Bonchev–Trinajstić information content (AvgIpc) is 3.52. The van der Waals surface area contributed by atoms with E-state index in [1.807, 2.05) is 30.3 Å². The molecule has 40 heavy (non-hydrogen) atoms. The van der Waals surface area contributed by atoms with Crippen LogP contribution < -0.4 is 10.9 Å². The van der Waals surface area contributed by atoms with Crippen LogP contribution in [0, 0.1) is 17.0 Å². The fourth-order valence-electron chi connectivity index (χ4n) is 4.28. The number of carbonyl (C=O) groups is 2. The SMILES string of the molecule is CCOC(=O)c1c(-c2cccc([N+](=O)[O-])c2)csc1NC(=O)c1sc2ncn(Cc3ccccc3)c(=O)c2c1C. The van der Waals surface area contributed by atoms with E-state index in [1.54, 1.807) is 25.3 Å². The van der Waals surface area contributed by atoms with Gasteiger partial charge in [0.2, 0.25) is 0 Å². The van der Waals surface area contributed by atoms with Crippen LogP contribution in [0.2, 0.25) is 0 Å². The van der Waals surface area contributed by atoms with Crippen LogP contribution in [-0.2, 0) is 11.3 Å². The number of nitro groups is 1. The number of carbonyl (C=O) groups excluding carboxylic acids is 2. The van der Waals surface area contributed by atoms with Crippen LogP contribution >= 0.6 is 22.7 Å². The third-order valence-electron chi connectivity index (χ3n) is 6.18. The largest absolute Gasteiger partial charge is 0.462 e. The van der Waals surface area contributed by atoms with Gasteiger partial charge < -0.3 is 10.1 Å². The number of aromatic nitrogens is 2. The van der Waals surface area contributed by atoms with E-state index in [2.05, 4.69) is 10.3 Å². The van der Waals surface area contributed by atoms with Gasteiger partial charge in [-0.2, -0.15) is 0 Å². The Morgan fingerprint density at radius 1 is 1.15 bits per heavy atom. The molecule has 0 saturated heterocycles. The molecule has 10 nitrogen and oxygen atoms in total. The number of benzene rings is 2. The van der Waals surface area contributed by atoms with Crippen LogP contribution in [0.1, 0.15) is 38.1 Å². The van der Waals surface area contributed by atoms with Crippen LogP contribution in [0.5, 0.6) is 0 Å². The van der Waals surface area contributed by atoms with Gasteiger partial charge in [0.25, 0.3) is 17.2 Å². The first kappa shape index (κ1) is 26.9. The Labute approximate surface area is 235 Å². The number of thiophene rings is 2. The van der Waals surface area contributed by atoms with Crippen molar-refractivity contribution in [3.05, 3.63) is 108 Å². The molecule has 1 amide bonds. The maximum Gasteiger partial charge on any atom is 0.341 e. The predicted molar refractivity (Wildman–Crippen MR) is 154 cm³/mol. The van der Waals surface area contributed by atoms with E-state index in [4.69, 9.17) is 4.74 Å². The Morgan fingerprint density at radius 3 is 2.65 bits per heavy atom. The Morgan fingerprint density at radius 2 is 1.93 bits per heavy atom. The molecule has 3 aromatic heterocycles. The number of fused-ring (bicyclic) bond motifs is 1. The average molecular weight is 575 g/mol. The van der Waals surface area contributed by atoms with E-state index >= 15 is 0 Å². The van der Waals surface area contributed by atoms with Gasteiger partial charge in [0.1, 0.15) is 15.4 Å². The number of rotatable bonds is 8. The van der Waals surface area contributed by atoms with Crippen molar-refractivity contribution in [2.45, 2.75) is 20.4 Å². The number of nitrogens with zero attached hydrogens (tertiary/aromatic N) is 3. The molecule has 12 heteroatoms. The molecule has 202 valence electrons. The lowest BCUT2D eigenvalue weighted by atomic mass is 10.0.